The molecule has 132 valence electrons. The topological polar surface area (TPSA) is 48.5 Å². The second-order valence-electron chi connectivity index (χ2n) is 6.37. The van der Waals surface area contributed by atoms with E-state index in [1.54, 1.807) is 6.20 Å². The molecule has 1 fully saturated rings. The van der Waals surface area contributed by atoms with Crippen molar-refractivity contribution < 1.29 is 4.79 Å². The highest BCUT2D eigenvalue weighted by Gasteiger charge is 2.19. The zero-order valence-electron chi connectivity index (χ0n) is 14.4. The van der Waals surface area contributed by atoms with Gasteiger partial charge in [-0.1, -0.05) is 23.7 Å². The number of nitrogens with one attached hydrogen (secondary N) is 1. The van der Waals surface area contributed by atoms with Crippen LogP contribution in [0.15, 0.2) is 42.7 Å². The molecule has 2 heterocycles. The minimum atomic E-state index is 0.00563. The van der Waals surface area contributed by atoms with Crippen LogP contribution in [-0.2, 0) is 11.3 Å². The molecule has 1 aliphatic rings. The van der Waals surface area contributed by atoms with E-state index in [2.05, 4.69) is 26.2 Å². The molecule has 1 amide bonds. The van der Waals surface area contributed by atoms with E-state index in [0.29, 0.717) is 11.6 Å². The Balaban J connectivity index is 1.45. The molecule has 0 spiro atoms. The van der Waals surface area contributed by atoms with Crippen LogP contribution in [0.4, 0.5) is 5.69 Å². The Morgan fingerprint density at radius 1 is 1.16 bits per heavy atom. The number of amides is 1. The summed E-state index contributed by atoms with van der Waals surface area (Å²) in [4.78, 5) is 21.0. The van der Waals surface area contributed by atoms with Gasteiger partial charge in [0.15, 0.2) is 0 Å². The van der Waals surface area contributed by atoms with Gasteiger partial charge in [-0.3, -0.25) is 19.6 Å². The number of rotatable bonds is 5. The predicted octanol–water partition coefficient (Wildman–Crippen LogP) is 2.80. The lowest BCUT2D eigenvalue weighted by molar-refractivity contribution is -0.117. The van der Waals surface area contributed by atoms with Gasteiger partial charge in [-0.25, -0.2) is 0 Å². The van der Waals surface area contributed by atoms with E-state index < -0.39 is 0 Å². The highest BCUT2D eigenvalue weighted by Crippen LogP contribution is 2.22. The number of carbonyl (C=O) groups excluding carboxylic acids is 1. The number of aromatic nitrogens is 1. The van der Waals surface area contributed by atoms with E-state index in [-0.39, 0.29) is 5.91 Å². The third-order valence-electron chi connectivity index (χ3n) is 4.50. The van der Waals surface area contributed by atoms with E-state index >= 15 is 0 Å². The smallest absolute Gasteiger partial charge is 0.238 e. The summed E-state index contributed by atoms with van der Waals surface area (Å²) in [7, 11) is 0. The van der Waals surface area contributed by atoms with Crippen LogP contribution in [0.5, 0.6) is 0 Å². The van der Waals surface area contributed by atoms with Crippen molar-refractivity contribution in [1.29, 1.82) is 0 Å². The number of pyridine rings is 1. The summed E-state index contributed by atoms with van der Waals surface area (Å²) in [5.74, 6) is 0.00563. The lowest BCUT2D eigenvalue weighted by atomic mass is 10.2. The third kappa shape index (κ3) is 5.01. The molecule has 6 heteroatoms. The van der Waals surface area contributed by atoms with Crippen molar-refractivity contribution in [3.05, 3.63) is 58.9 Å². The zero-order valence-corrected chi connectivity index (χ0v) is 15.2. The SMILES string of the molecule is Cc1c(Cl)cccc1NC(=O)CN1CCN(Cc2cccnc2)CC1. The molecular formula is C19H23ClN4O. The molecule has 1 N–H and O–H groups in total. The molecule has 0 bridgehead atoms. The van der Waals surface area contributed by atoms with Crippen LogP contribution >= 0.6 is 11.6 Å². The zero-order chi connectivity index (χ0) is 17.6. The summed E-state index contributed by atoms with van der Waals surface area (Å²) in [6, 6.07) is 9.62. The Morgan fingerprint density at radius 3 is 2.64 bits per heavy atom. The number of carbonyl (C=O) groups is 1. The molecule has 0 aliphatic carbocycles. The molecule has 0 atom stereocenters. The number of hydrogen-bond donors (Lipinski definition) is 1. The Bertz CT molecular complexity index is 715. The number of nitrogens with zero attached hydrogens (tertiary/aromatic N) is 3. The first-order chi connectivity index (χ1) is 12.1. The molecule has 25 heavy (non-hydrogen) atoms. The molecule has 1 aliphatic heterocycles. The van der Waals surface area contributed by atoms with Crippen LogP contribution in [0.25, 0.3) is 0 Å². The quantitative estimate of drug-likeness (QED) is 0.892. The van der Waals surface area contributed by atoms with Gasteiger partial charge in [-0.15, -0.1) is 0 Å². The Labute approximate surface area is 153 Å². The largest absolute Gasteiger partial charge is 0.325 e. The molecule has 2 aromatic rings. The molecule has 0 saturated carbocycles. The number of benzene rings is 1. The van der Waals surface area contributed by atoms with Crippen LogP contribution in [0.3, 0.4) is 0 Å². The molecule has 5 nitrogen and oxygen atoms in total. The van der Waals surface area contributed by atoms with Crippen molar-refractivity contribution in [3.8, 4) is 0 Å². The van der Waals surface area contributed by atoms with Gasteiger partial charge in [0.05, 0.1) is 6.54 Å². The van der Waals surface area contributed by atoms with Gasteiger partial charge in [-0.2, -0.15) is 0 Å². The van der Waals surface area contributed by atoms with Crippen LogP contribution in [0.1, 0.15) is 11.1 Å². The van der Waals surface area contributed by atoms with Crippen molar-refractivity contribution in [2.24, 2.45) is 0 Å². The number of hydrogen-bond acceptors (Lipinski definition) is 4. The summed E-state index contributed by atoms with van der Waals surface area (Å²) in [6.45, 7) is 6.93. The monoisotopic (exact) mass is 358 g/mol. The number of piperazine rings is 1. The average Bonchev–Trinajstić information content (AvgIpc) is 2.62. The molecular weight excluding hydrogens is 336 g/mol. The second kappa shape index (κ2) is 8.43. The summed E-state index contributed by atoms with van der Waals surface area (Å²) in [6.07, 6.45) is 3.70. The van der Waals surface area contributed by atoms with Crippen LogP contribution < -0.4 is 5.32 Å². The normalized spacial score (nSPS) is 15.9. The lowest BCUT2D eigenvalue weighted by Gasteiger charge is -2.34. The molecule has 0 radical (unpaired) electrons. The average molecular weight is 359 g/mol. The van der Waals surface area contributed by atoms with Crippen molar-refractivity contribution in [1.82, 2.24) is 14.8 Å². The molecule has 1 saturated heterocycles. The van der Waals surface area contributed by atoms with Gasteiger partial charge in [0.25, 0.3) is 0 Å². The fourth-order valence-electron chi connectivity index (χ4n) is 2.99. The molecule has 1 aromatic carbocycles. The maximum atomic E-state index is 12.3. The Hall–Kier alpha value is -1.95. The van der Waals surface area contributed by atoms with Crippen LogP contribution in [0, 0.1) is 6.92 Å². The highest BCUT2D eigenvalue weighted by atomic mass is 35.5. The van der Waals surface area contributed by atoms with E-state index in [0.717, 1.165) is 44.0 Å². The van der Waals surface area contributed by atoms with Crippen molar-refractivity contribution in [2.45, 2.75) is 13.5 Å². The van der Waals surface area contributed by atoms with Gasteiger partial charge in [0.1, 0.15) is 0 Å². The van der Waals surface area contributed by atoms with Crippen molar-refractivity contribution >= 4 is 23.2 Å². The summed E-state index contributed by atoms with van der Waals surface area (Å²) in [5.41, 5.74) is 2.91. The summed E-state index contributed by atoms with van der Waals surface area (Å²) >= 11 is 6.10. The van der Waals surface area contributed by atoms with Crippen molar-refractivity contribution in [3.63, 3.8) is 0 Å². The molecule has 1 aromatic heterocycles. The van der Waals surface area contributed by atoms with Crippen LogP contribution in [0.2, 0.25) is 5.02 Å². The van der Waals surface area contributed by atoms with Gasteiger partial charge in [-0.05, 0) is 36.2 Å². The second-order valence-corrected chi connectivity index (χ2v) is 6.78. The minimum Gasteiger partial charge on any atom is -0.325 e. The summed E-state index contributed by atoms with van der Waals surface area (Å²) in [5, 5.41) is 3.63. The van der Waals surface area contributed by atoms with Gasteiger partial charge >= 0.3 is 0 Å². The maximum absolute atomic E-state index is 12.3. The first kappa shape index (κ1) is 17.9. The highest BCUT2D eigenvalue weighted by molar-refractivity contribution is 6.31. The van der Waals surface area contributed by atoms with Gasteiger partial charge in [0.2, 0.25) is 5.91 Å². The first-order valence-corrected chi connectivity index (χ1v) is 8.88. The van der Waals surface area contributed by atoms with Gasteiger partial charge in [0, 0.05) is 55.8 Å². The van der Waals surface area contributed by atoms with Crippen molar-refractivity contribution in [2.75, 3.05) is 38.0 Å². The van der Waals surface area contributed by atoms with E-state index in [1.165, 1.54) is 5.56 Å². The standard InChI is InChI=1S/C19H23ClN4O/c1-15-17(20)5-2-6-18(15)22-19(25)14-24-10-8-23(9-11-24)13-16-4-3-7-21-12-16/h2-7,12H,8-11,13-14H2,1H3,(H,22,25). The maximum Gasteiger partial charge on any atom is 0.238 e. The fraction of sp³-hybridized carbons (Fsp3) is 0.368. The molecule has 3 rings (SSSR count). The molecule has 0 unspecified atom stereocenters. The van der Waals surface area contributed by atoms with Gasteiger partial charge < -0.3 is 5.32 Å². The Morgan fingerprint density at radius 2 is 1.92 bits per heavy atom. The predicted molar refractivity (Wildman–Crippen MR) is 101 cm³/mol. The van der Waals surface area contributed by atoms with Crippen LogP contribution in [-0.4, -0.2) is 53.4 Å². The lowest BCUT2D eigenvalue weighted by Crippen LogP contribution is -2.48. The third-order valence-corrected chi connectivity index (χ3v) is 4.91. The minimum absolute atomic E-state index is 0.00563. The number of anilines is 1. The first-order valence-electron chi connectivity index (χ1n) is 8.50. The fourth-order valence-corrected chi connectivity index (χ4v) is 3.17. The summed E-state index contributed by atoms with van der Waals surface area (Å²) < 4.78 is 0. The van der Waals surface area contributed by atoms with E-state index in [4.69, 9.17) is 11.6 Å². The Kier molecular flexibility index (Phi) is 6.02. The van der Waals surface area contributed by atoms with E-state index in [9.17, 15) is 4.79 Å². The number of halogens is 1. The van der Waals surface area contributed by atoms with E-state index in [1.807, 2.05) is 37.4 Å².